The fourth-order valence-corrected chi connectivity index (χ4v) is 2.69. The largest absolute Gasteiger partial charge is 0.481 e. The van der Waals surface area contributed by atoms with E-state index in [1.165, 1.54) is 10.2 Å². The Balaban J connectivity index is 1.79. The number of carboxylic acids is 1. The number of hydrogen-bond acceptors (Lipinski definition) is 3. The van der Waals surface area contributed by atoms with Crippen LogP contribution in [-0.2, 0) is 17.8 Å². The third-order valence-electron chi connectivity index (χ3n) is 3.77. The van der Waals surface area contributed by atoms with Crippen molar-refractivity contribution in [2.24, 2.45) is 0 Å². The van der Waals surface area contributed by atoms with Crippen molar-refractivity contribution in [2.75, 3.05) is 11.4 Å². The lowest BCUT2D eigenvalue weighted by molar-refractivity contribution is -0.137. The van der Waals surface area contributed by atoms with E-state index < -0.39 is 5.97 Å². The van der Waals surface area contributed by atoms with Crippen molar-refractivity contribution in [3.8, 4) is 0 Å². The number of aromatic nitrogens is 2. The van der Waals surface area contributed by atoms with E-state index in [-0.39, 0.29) is 18.9 Å². The lowest BCUT2D eigenvalue weighted by Gasteiger charge is -2.28. The zero-order chi connectivity index (χ0) is 15.5. The molecule has 6 heteroatoms. The molecule has 0 radical (unpaired) electrons. The van der Waals surface area contributed by atoms with Crippen LogP contribution in [0.4, 0.5) is 5.69 Å². The van der Waals surface area contributed by atoms with Crippen molar-refractivity contribution >= 4 is 17.6 Å². The molecule has 6 nitrogen and oxygen atoms in total. The number of anilines is 1. The van der Waals surface area contributed by atoms with Crippen LogP contribution in [0.1, 0.15) is 28.9 Å². The van der Waals surface area contributed by atoms with Crippen molar-refractivity contribution in [3.05, 3.63) is 47.8 Å². The van der Waals surface area contributed by atoms with E-state index in [1.807, 2.05) is 24.3 Å². The molecule has 1 aromatic heterocycles. The molecule has 0 spiro atoms. The molecule has 0 saturated heterocycles. The summed E-state index contributed by atoms with van der Waals surface area (Å²) in [7, 11) is 0. The molecule has 0 unspecified atom stereocenters. The summed E-state index contributed by atoms with van der Waals surface area (Å²) >= 11 is 0. The van der Waals surface area contributed by atoms with Gasteiger partial charge in [0.1, 0.15) is 0 Å². The third kappa shape index (κ3) is 2.86. The fourth-order valence-electron chi connectivity index (χ4n) is 2.69. The Kier molecular flexibility index (Phi) is 3.91. The molecule has 1 amide bonds. The van der Waals surface area contributed by atoms with Gasteiger partial charge in [0, 0.05) is 18.4 Å². The Labute approximate surface area is 128 Å². The number of carboxylic acid groups (broad SMARTS) is 1. The first-order valence-electron chi connectivity index (χ1n) is 7.30. The van der Waals surface area contributed by atoms with E-state index in [4.69, 9.17) is 5.11 Å². The molecular formula is C16H17N3O3. The van der Waals surface area contributed by atoms with Gasteiger partial charge < -0.3 is 10.0 Å². The number of amides is 1. The molecule has 0 saturated carbocycles. The lowest BCUT2D eigenvalue weighted by atomic mass is 10.0. The minimum atomic E-state index is -0.881. The van der Waals surface area contributed by atoms with Crippen molar-refractivity contribution < 1.29 is 14.7 Å². The molecule has 114 valence electrons. The van der Waals surface area contributed by atoms with E-state index in [9.17, 15) is 9.59 Å². The summed E-state index contributed by atoms with van der Waals surface area (Å²) in [5.41, 5.74) is 2.47. The maximum Gasteiger partial charge on any atom is 0.305 e. The fraction of sp³-hybridized carbons (Fsp3) is 0.312. The highest BCUT2D eigenvalue weighted by atomic mass is 16.4. The minimum absolute atomic E-state index is 0.0120. The molecule has 22 heavy (non-hydrogen) atoms. The number of carbonyl (C=O) groups excluding carboxylic acids is 1. The molecule has 0 bridgehead atoms. The van der Waals surface area contributed by atoms with Gasteiger partial charge in [-0.1, -0.05) is 18.2 Å². The molecule has 1 N–H and O–H groups in total. The standard InChI is InChI=1S/C16H17N3O3/c20-15(21)8-11-18-10-7-13(17-18)16(22)19-9-3-5-12-4-1-2-6-14(12)19/h1-2,4,6-7,10H,3,5,8-9,11H2,(H,20,21). The van der Waals surface area contributed by atoms with Gasteiger partial charge in [-0.05, 0) is 30.5 Å². The van der Waals surface area contributed by atoms with Gasteiger partial charge in [-0.2, -0.15) is 5.10 Å². The highest BCUT2D eigenvalue weighted by Gasteiger charge is 2.24. The predicted molar refractivity (Wildman–Crippen MR) is 80.9 cm³/mol. The third-order valence-corrected chi connectivity index (χ3v) is 3.77. The van der Waals surface area contributed by atoms with Crippen molar-refractivity contribution in [2.45, 2.75) is 25.8 Å². The molecule has 2 aromatic rings. The lowest BCUT2D eigenvalue weighted by Crippen LogP contribution is -2.35. The summed E-state index contributed by atoms with van der Waals surface area (Å²) in [5, 5.41) is 12.9. The zero-order valence-electron chi connectivity index (χ0n) is 12.1. The summed E-state index contributed by atoms with van der Waals surface area (Å²) < 4.78 is 1.50. The van der Waals surface area contributed by atoms with Gasteiger partial charge in [0.25, 0.3) is 5.91 Å². The zero-order valence-corrected chi connectivity index (χ0v) is 12.1. The molecule has 0 aliphatic carbocycles. The number of benzene rings is 1. The molecule has 1 aliphatic heterocycles. The van der Waals surface area contributed by atoms with E-state index in [0.717, 1.165) is 18.5 Å². The summed E-state index contributed by atoms with van der Waals surface area (Å²) in [6, 6.07) is 9.54. The smallest absolute Gasteiger partial charge is 0.305 e. The maximum atomic E-state index is 12.6. The molecule has 0 atom stereocenters. The molecule has 1 aliphatic rings. The van der Waals surface area contributed by atoms with Gasteiger partial charge in [-0.15, -0.1) is 0 Å². The summed E-state index contributed by atoms with van der Waals surface area (Å²) in [6.45, 7) is 0.942. The average molecular weight is 299 g/mol. The van der Waals surface area contributed by atoms with Crippen LogP contribution in [0.3, 0.4) is 0 Å². The molecule has 3 rings (SSSR count). The van der Waals surface area contributed by atoms with Crippen LogP contribution >= 0.6 is 0 Å². The number of rotatable bonds is 4. The van der Waals surface area contributed by atoms with Crippen LogP contribution < -0.4 is 4.90 Å². The number of aryl methyl sites for hydroxylation is 2. The number of aliphatic carboxylic acids is 1. The summed E-state index contributed by atoms with van der Waals surface area (Å²) in [5.74, 6) is -1.02. The topological polar surface area (TPSA) is 75.4 Å². The van der Waals surface area contributed by atoms with Crippen LogP contribution in [-0.4, -0.2) is 33.3 Å². The van der Waals surface area contributed by atoms with Crippen LogP contribution in [0.15, 0.2) is 36.5 Å². The van der Waals surface area contributed by atoms with Crippen LogP contribution in [0.2, 0.25) is 0 Å². The van der Waals surface area contributed by atoms with E-state index in [0.29, 0.717) is 12.2 Å². The molecule has 2 heterocycles. The Morgan fingerprint density at radius 1 is 1.23 bits per heavy atom. The first kappa shape index (κ1) is 14.3. The Bertz CT molecular complexity index is 708. The summed E-state index contributed by atoms with van der Waals surface area (Å²) in [4.78, 5) is 25.0. The Morgan fingerprint density at radius 3 is 2.86 bits per heavy atom. The summed E-state index contributed by atoms with van der Waals surface area (Å²) in [6.07, 6.45) is 3.55. The number of carbonyl (C=O) groups is 2. The van der Waals surface area contributed by atoms with E-state index >= 15 is 0 Å². The van der Waals surface area contributed by atoms with Gasteiger partial charge in [-0.3, -0.25) is 14.3 Å². The number of para-hydroxylation sites is 1. The SMILES string of the molecule is O=C(O)CCn1ccc(C(=O)N2CCCc3ccccc32)n1. The van der Waals surface area contributed by atoms with Crippen LogP contribution in [0.25, 0.3) is 0 Å². The Hall–Kier alpha value is -2.63. The van der Waals surface area contributed by atoms with E-state index in [1.54, 1.807) is 17.2 Å². The highest BCUT2D eigenvalue weighted by Crippen LogP contribution is 2.27. The van der Waals surface area contributed by atoms with Gasteiger partial charge in [0.05, 0.1) is 13.0 Å². The van der Waals surface area contributed by atoms with Crippen molar-refractivity contribution in [3.63, 3.8) is 0 Å². The first-order valence-corrected chi connectivity index (χ1v) is 7.30. The first-order chi connectivity index (χ1) is 10.6. The Morgan fingerprint density at radius 2 is 2.05 bits per heavy atom. The highest BCUT2D eigenvalue weighted by molar-refractivity contribution is 6.05. The molecular weight excluding hydrogens is 282 g/mol. The van der Waals surface area contributed by atoms with E-state index in [2.05, 4.69) is 5.10 Å². The van der Waals surface area contributed by atoms with Crippen molar-refractivity contribution in [1.82, 2.24) is 9.78 Å². The number of hydrogen-bond donors (Lipinski definition) is 1. The monoisotopic (exact) mass is 299 g/mol. The normalized spacial score (nSPS) is 13.7. The van der Waals surface area contributed by atoms with Gasteiger partial charge >= 0.3 is 5.97 Å². The second kappa shape index (κ2) is 6.01. The van der Waals surface area contributed by atoms with Gasteiger partial charge in [0.15, 0.2) is 5.69 Å². The second-order valence-electron chi connectivity index (χ2n) is 5.30. The van der Waals surface area contributed by atoms with Gasteiger partial charge in [-0.25, -0.2) is 0 Å². The van der Waals surface area contributed by atoms with Crippen LogP contribution in [0.5, 0.6) is 0 Å². The maximum absolute atomic E-state index is 12.6. The number of fused-ring (bicyclic) bond motifs is 1. The second-order valence-corrected chi connectivity index (χ2v) is 5.30. The average Bonchev–Trinajstić information content (AvgIpc) is 3.00. The predicted octanol–water partition coefficient (Wildman–Crippen LogP) is 1.95. The quantitative estimate of drug-likeness (QED) is 0.936. The van der Waals surface area contributed by atoms with Crippen molar-refractivity contribution in [1.29, 1.82) is 0 Å². The molecule has 0 fully saturated rings. The minimum Gasteiger partial charge on any atom is -0.481 e. The van der Waals surface area contributed by atoms with Crippen LogP contribution in [0, 0.1) is 0 Å². The molecule has 1 aromatic carbocycles. The number of nitrogens with zero attached hydrogens (tertiary/aromatic N) is 3. The van der Waals surface area contributed by atoms with Gasteiger partial charge in [0.2, 0.25) is 0 Å².